The van der Waals surface area contributed by atoms with Crippen LogP contribution in [0.5, 0.6) is 0 Å². The van der Waals surface area contributed by atoms with Crippen molar-refractivity contribution in [3.05, 3.63) is 42.5 Å². The summed E-state index contributed by atoms with van der Waals surface area (Å²) in [5, 5.41) is 2.82. The minimum Gasteiger partial charge on any atom is -0.372 e. The smallest absolute Gasteiger partial charge is 0.256 e. The first-order chi connectivity index (χ1) is 9.70. The molecule has 2 atom stereocenters. The second-order valence-corrected chi connectivity index (χ2v) is 4.99. The SMILES string of the molecule is C=CCOC1CC2C(=O)Nc3ccccc3C(=O)N2C1. The third-order valence-corrected chi connectivity index (χ3v) is 3.69. The van der Waals surface area contributed by atoms with Crippen molar-refractivity contribution in [2.75, 3.05) is 18.5 Å². The number of rotatable bonds is 3. The maximum absolute atomic E-state index is 12.5. The lowest BCUT2D eigenvalue weighted by Crippen LogP contribution is -2.40. The van der Waals surface area contributed by atoms with Gasteiger partial charge in [-0.05, 0) is 12.1 Å². The third kappa shape index (κ3) is 2.10. The number of carbonyl (C=O) groups is 2. The molecule has 1 aromatic rings. The molecule has 104 valence electrons. The number of anilines is 1. The van der Waals surface area contributed by atoms with E-state index in [-0.39, 0.29) is 17.9 Å². The van der Waals surface area contributed by atoms with Crippen LogP contribution in [0, 0.1) is 0 Å². The molecule has 2 aliphatic rings. The number of hydrogen-bond donors (Lipinski definition) is 1. The van der Waals surface area contributed by atoms with E-state index in [0.717, 1.165) is 0 Å². The fraction of sp³-hybridized carbons (Fsp3) is 0.333. The largest absolute Gasteiger partial charge is 0.372 e. The molecule has 1 aromatic carbocycles. The Hall–Kier alpha value is -2.14. The highest BCUT2D eigenvalue weighted by molar-refractivity contribution is 6.10. The van der Waals surface area contributed by atoms with E-state index in [4.69, 9.17) is 4.74 Å². The molecule has 2 amide bonds. The molecule has 1 fully saturated rings. The first-order valence-electron chi connectivity index (χ1n) is 6.64. The summed E-state index contributed by atoms with van der Waals surface area (Å²) >= 11 is 0. The van der Waals surface area contributed by atoms with Crippen LogP contribution in [0.4, 0.5) is 5.69 Å². The summed E-state index contributed by atoms with van der Waals surface area (Å²) < 4.78 is 5.58. The number of amides is 2. The molecule has 0 spiro atoms. The first-order valence-corrected chi connectivity index (χ1v) is 6.64. The van der Waals surface area contributed by atoms with Gasteiger partial charge in [0.2, 0.25) is 5.91 Å². The van der Waals surface area contributed by atoms with Gasteiger partial charge in [0, 0.05) is 13.0 Å². The number of para-hydroxylation sites is 1. The fourth-order valence-corrected chi connectivity index (χ4v) is 2.74. The van der Waals surface area contributed by atoms with Crippen LogP contribution in [0.3, 0.4) is 0 Å². The highest BCUT2D eigenvalue weighted by Crippen LogP contribution is 2.29. The van der Waals surface area contributed by atoms with Crippen molar-refractivity contribution in [2.45, 2.75) is 18.6 Å². The molecule has 2 heterocycles. The zero-order chi connectivity index (χ0) is 14.1. The standard InChI is InChI=1S/C15H16N2O3/c1-2-7-20-10-8-13-14(18)16-12-6-4-3-5-11(12)15(19)17(13)9-10/h2-6,10,13H,1,7-9H2,(H,16,18). The molecule has 1 N–H and O–H groups in total. The maximum atomic E-state index is 12.5. The van der Waals surface area contributed by atoms with E-state index in [0.29, 0.717) is 30.8 Å². The van der Waals surface area contributed by atoms with Crippen molar-refractivity contribution < 1.29 is 14.3 Å². The van der Waals surface area contributed by atoms with Crippen molar-refractivity contribution in [3.63, 3.8) is 0 Å². The molecule has 5 heteroatoms. The van der Waals surface area contributed by atoms with Crippen molar-refractivity contribution in [3.8, 4) is 0 Å². The van der Waals surface area contributed by atoms with E-state index in [2.05, 4.69) is 11.9 Å². The highest BCUT2D eigenvalue weighted by Gasteiger charge is 2.42. The lowest BCUT2D eigenvalue weighted by Gasteiger charge is -2.19. The molecule has 1 saturated heterocycles. The zero-order valence-electron chi connectivity index (χ0n) is 11.0. The van der Waals surface area contributed by atoms with Gasteiger partial charge in [0.15, 0.2) is 0 Å². The van der Waals surface area contributed by atoms with Crippen LogP contribution in [0.15, 0.2) is 36.9 Å². The van der Waals surface area contributed by atoms with E-state index < -0.39 is 6.04 Å². The molecule has 0 saturated carbocycles. The van der Waals surface area contributed by atoms with Gasteiger partial charge < -0.3 is 15.0 Å². The van der Waals surface area contributed by atoms with E-state index in [1.54, 1.807) is 35.2 Å². The maximum Gasteiger partial charge on any atom is 0.256 e. The molecule has 0 radical (unpaired) electrons. The van der Waals surface area contributed by atoms with E-state index >= 15 is 0 Å². The molecule has 0 bridgehead atoms. The van der Waals surface area contributed by atoms with Crippen LogP contribution >= 0.6 is 0 Å². The summed E-state index contributed by atoms with van der Waals surface area (Å²) in [6, 6.07) is 6.63. The number of carbonyl (C=O) groups excluding carboxylic acids is 2. The quantitative estimate of drug-likeness (QED) is 0.847. The number of nitrogens with zero attached hydrogens (tertiary/aromatic N) is 1. The normalized spacial score (nSPS) is 24.7. The van der Waals surface area contributed by atoms with Crippen molar-refractivity contribution in [1.29, 1.82) is 0 Å². The van der Waals surface area contributed by atoms with Crippen LogP contribution in [-0.2, 0) is 9.53 Å². The number of fused-ring (bicyclic) bond motifs is 2. The Labute approximate surface area is 117 Å². The van der Waals surface area contributed by atoms with Crippen LogP contribution in [0.2, 0.25) is 0 Å². The average Bonchev–Trinajstić information content (AvgIpc) is 2.85. The second kappa shape index (κ2) is 5.09. The summed E-state index contributed by atoms with van der Waals surface area (Å²) in [6.07, 6.45) is 2.08. The van der Waals surface area contributed by atoms with Crippen molar-refractivity contribution >= 4 is 17.5 Å². The van der Waals surface area contributed by atoms with Gasteiger partial charge in [-0.1, -0.05) is 18.2 Å². The summed E-state index contributed by atoms with van der Waals surface area (Å²) in [4.78, 5) is 26.4. The monoisotopic (exact) mass is 272 g/mol. The van der Waals surface area contributed by atoms with E-state index in [1.807, 2.05) is 0 Å². The minimum absolute atomic E-state index is 0.113. The van der Waals surface area contributed by atoms with Crippen LogP contribution in [0.1, 0.15) is 16.8 Å². The van der Waals surface area contributed by atoms with Crippen LogP contribution < -0.4 is 5.32 Å². The Morgan fingerprint density at radius 1 is 1.40 bits per heavy atom. The van der Waals surface area contributed by atoms with Gasteiger partial charge in [0.05, 0.1) is 24.0 Å². The summed E-state index contributed by atoms with van der Waals surface area (Å²) in [6.45, 7) is 4.47. The number of hydrogen-bond acceptors (Lipinski definition) is 3. The molecule has 2 unspecified atom stereocenters. The van der Waals surface area contributed by atoms with Gasteiger partial charge in [-0.25, -0.2) is 0 Å². The van der Waals surface area contributed by atoms with Crippen LogP contribution in [-0.4, -0.2) is 42.0 Å². The van der Waals surface area contributed by atoms with Crippen molar-refractivity contribution in [1.82, 2.24) is 4.90 Å². The molecule has 0 aromatic heterocycles. The fourth-order valence-electron chi connectivity index (χ4n) is 2.74. The summed E-state index contributed by atoms with van der Waals surface area (Å²) in [7, 11) is 0. The van der Waals surface area contributed by atoms with Gasteiger partial charge in [0.25, 0.3) is 5.91 Å². The third-order valence-electron chi connectivity index (χ3n) is 3.69. The summed E-state index contributed by atoms with van der Waals surface area (Å²) in [5.74, 6) is -0.262. The Balaban J connectivity index is 1.88. The molecular weight excluding hydrogens is 256 g/mol. The predicted molar refractivity (Wildman–Crippen MR) is 74.5 cm³/mol. The Bertz CT molecular complexity index is 570. The van der Waals surface area contributed by atoms with Gasteiger partial charge in [-0.2, -0.15) is 0 Å². The van der Waals surface area contributed by atoms with Crippen molar-refractivity contribution in [2.24, 2.45) is 0 Å². The summed E-state index contributed by atoms with van der Waals surface area (Å²) in [5.41, 5.74) is 1.12. The van der Waals surface area contributed by atoms with E-state index in [1.165, 1.54) is 0 Å². The zero-order valence-corrected chi connectivity index (χ0v) is 11.0. The number of nitrogens with one attached hydrogen (secondary N) is 1. The second-order valence-electron chi connectivity index (χ2n) is 4.99. The Morgan fingerprint density at radius 3 is 3.00 bits per heavy atom. The molecule has 2 aliphatic heterocycles. The number of benzene rings is 1. The molecule has 0 aliphatic carbocycles. The predicted octanol–water partition coefficient (Wildman–Crippen LogP) is 1.42. The van der Waals surface area contributed by atoms with Gasteiger partial charge in [-0.15, -0.1) is 6.58 Å². The molecule has 5 nitrogen and oxygen atoms in total. The Morgan fingerprint density at radius 2 is 2.20 bits per heavy atom. The number of ether oxygens (including phenoxy) is 1. The molecule has 20 heavy (non-hydrogen) atoms. The highest BCUT2D eigenvalue weighted by atomic mass is 16.5. The lowest BCUT2D eigenvalue weighted by atomic mass is 10.1. The minimum atomic E-state index is -0.454. The first kappa shape index (κ1) is 12.9. The average molecular weight is 272 g/mol. The topological polar surface area (TPSA) is 58.6 Å². The van der Waals surface area contributed by atoms with Gasteiger partial charge in [0.1, 0.15) is 6.04 Å². The lowest BCUT2D eigenvalue weighted by molar-refractivity contribution is -0.119. The van der Waals surface area contributed by atoms with Gasteiger partial charge >= 0.3 is 0 Å². The van der Waals surface area contributed by atoms with E-state index in [9.17, 15) is 9.59 Å². The molecular formula is C15H16N2O3. The van der Waals surface area contributed by atoms with Crippen LogP contribution in [0.25, 0.3) is 0 Å². The van der Waals surface area contributed by atoms with Gasteiger partial charge in [-0.3, -0.25) is 9.59 Å². The Kier molecular flexibility index (Phi) is 3.28. The molecule has 3 rings (SSSR count).